The van der Waals surface area contributed by atoms with Gasteiger partial charge in [0.05, 0.1) is 10.4 Å². The zero-order chi connectivity index (χ0) is 21.0. The van der Waals surface area contributed by atoms with Crippen LogP contribution in [0.3, 0.4) is 0 Å². The summed E-state index contributed by atoms with van der Waals surface area (Å²) >= 11 is 1.00. The summed E-state index contributed by atoms with van der Waals surface area (Å²) in [6.07, 6.45) is 2.18. The van der Waals surface area contributed by atoms with Crippen LogP contribution in [0.5, 0.6) is 0 Å². The van der Waals surface area contributed by atoms with Gasteiger partial charge in [0.15, 0.2) is 0 Å². The molecule has 1 aliphatic rings. The topological polar surface area (TPSA) is 119 Å². The van der Waals surface area contributed by atoms with Gasteiger partial charge < -0.3 is 15.7 Å². The molecular weight excluding hydrogens is 390 g/mol. The zero-order valence-electron chi connectivity index (χ0n) is 15.7. The van der Waals surface area contributed by atoms with Crippen molar-refractivity contribution >= 4 is 39.8 Å². The molecule has 1 aromatic heterocycles. The van der Waals surface area contributed by atoms with E-state index in [1.807, 2.05) is 12.1 Å². The van der Waals surface area contributed by atoms with E-state index in [2.05, 4.69) is 10.6 Å². The van der Waals surface area contributed by atoms with Crippen molar-refractivity contribution in [3.05, 3.63) is 57.5 Å². The fraction of sp³-hybridized carbons (Fsp3) is 0.238. The van der Waals surface area contributed by atoms with Crippen LogP contribution >= 0.6 is 11.3 Å². The number of amides is 2. The molecule has 0 saturated heterocycles. The number of aliphatic carboxylic acids is 1. The van der Waals surface area contributed by atoms with Gasteiger partial charge >= 0.3 is 5.97 Å². The second-order valence-corrected chi connectivity index (χ2v) is 7.64. The van der Waals surface area contributed by atoms with Gasteiger partial charge in [0.2, 0.25) is 0 Å². The largest absolute Gasteiger partial charge is 0.478 e. The minimum atomic E-state index is -1.10. The number of thiophene rings is 1. The van der Waals surface area contributed by atoms with E-state index in [1.54, 1.807) is 31.2 Å². The Hall–Kier alpha value is -3.44. The summed E-state index contributed by atoms with van der Waals surface area (Å²) in [6, 6.07) is 10.9. The van der Waals surface area contributed by atoms with E-state index in [4.69, 9.17) is 0 Å². The fourth-order valence-corrected chi connectivity index (χ4v) is 4.28. The molecule has 0 radical (unpaired) electrons. The van der Waals surface area contributed by atoms with Crippen LogP contribution in [0.2, 0.25) is 0 Å². The first-order valence-corrected chi connectivity index (χ1v) is 9.90. The highest BCUT2D eigenvalue weighted by Gasteiger charge is 2.26. The van der Waals surface area contributed by atoms with Crippen LogP contribution in [-0.2, 0) is 9.59 Å². The van der Waals surface area contributed by atoms with Gasteiger partial charge in [-0.1, -0.05) is 18.2 Å². The quantitative estimate of drug-likeness (QED) is 0.687. The molecule has 3 N–H and O–H groups in total. The van der Waals surface area contributed by atoms with Crippen LogP contribution in [0.1, 0.15) is 46.5 Å². The van der Waals surface area contributed by atoms with Crippen LogP contribution in [0.4, 0.5) is 10.7 Å². The zero-order valence-corrected chi connectivity index (χ0v) is 16.6. The predicted molar refractivity (Wildman–Crippen MR) is 110 cm³/mol. The summed E-state index contributed by atoms with van der Waals surface area (Å²) in [5.74, 6) is -2.01. The van der Waals surface area contributed by atoms with Crippen molar-refractivity contribution in [3.63, 3.8) is 0 Å². The number of benzene rings is 1. The Balaban J connectivity index is 1.88. The van der Waals surface area contributed by atoms with Crippen molar-refractivity contribution in [2.75, 3.05) is 10.6 Å². The number of para-hydroxylation sites is 1. The molecule has 0 fully saturated rings. The van der Waals surface area contributed by atoms with Crippen LogP contribution in [0.15, 0.2) is 41.5 Å². The molecule has 0 atom stereocenters. The molecule has 0 unspecified atom stereocenters. The lowest BCUT2D eigenvalue weighted by molar-refractivity contribution is -0.133. The first kappa shape index (κ1) is 20.3. The van der Waals surface area contributed by atoms with Crippen molar-refractivity contribution in [2.45, 2.75) is 32.6 Å². The molecular formula is C21H19N3O4S. The van der Waals surface area contributed by atoms with Crippen LogP contribution in [0, 0.1) is 18.3 Å². The highest BCUT2D eigenvalue weighted by atomic mass is 32.1. The van der Waals surface area contributed by atoms with Gasteiger partial charge in [-0.15, -0.1) is 11.3 Å². The Kier molecular flexibility index (Phi) is 6.10. The monoisotopic (exact) mass is 409 g/mol. The molecule has 0 spiro atoms. The number of hydrogen-bond donors (Lipinski definition) is 3. The Morgan fingerprint density at radius 2 is 1.69 bits per heavy atom. The van der Waals surface area contributed by atoms with Crippen molar-refractivity contribution in [2.24, 2.45) is 0 Å². The SMILES string of the molecule is Cc1c(C(=O)Nc2ccccc2)sc(NC(=O)C2=C(C(=O)O)CCCC2)c1C#N. The number of rotatable bonds is 5. The molecule has 148 valence electrons. The van der Waals surface area contributed by atoms with E-state index in [1.165, 1.54) is 0 Å². The molecule has 0 bridgehead atoms. The highest BCUT2D eigenvalue weighted by molar-refractivity contribution is 7.18. The van der Waals surface area contributed by atoms with E-state index >= 15 is 0 Å². The second kappa shape index (κ2) is 8.71. The molecule has 7 nitrogen and oxygen atoms in total. The molecule has 1 aromatic carbocycles. The molecule has 2 amide bonds. The molecule has 0 saturated carbocycles. The minimum Gasteiger partial charge on any atom is -0.478 e. The third kappa shape index (κ3) is 4.36. The lowest BCUT2D eigenvalue weighted by Crippen LogP contribution is -2.21. The number of carboxylic acids is 1. The van der Waals surface area contributed by atoms with Gasteiger partial charge in [-0.25, -0.2) is 4.79 Å². The number of nitrogens with zero attached hydrogens (tertiary/aromatic N) is 1. The summed E-state index contributed by atoms with van der Waals surface area (Å²) < 4.78 is 0. The number of nitrogens with one attached hydrogen (secondary N) is 2. The standard InChI is InChI=1S/C21H19N3O4S/c1-12-16(11-22)20(24-18(25)14-9-5-6-10-15(14)21(27)28)29-17(12)19(26)23-13-7-3-2-4-8-13/h2-4,7-8H,5-6,9-10H2,1H3,(H,23,26)(H,24,25)(H,27,28). The summed E-state index contributed by atoms with van der Waals surface area (Å²) in [4.78, 5) is 37.1. The average Bonchev–Trinajstić information content (AvgIpc) is 3.03. The Labute approximate surface area is 171 Å². The molecule has 1 aliphatic carbocycles. The molecule has 8 heteroatoms. The van der Waals surface area contributed by atoms with Gasteiger partial charge in [-0.3, -0.25) is 9.59 Å². The molecule has 1 heterocycles. The smallest absolute Gasteiger partial charge is 0.332 e. The summed E-state index contributed by atoms with van der Waals surface area (Å²) in [7, 11) is 0. The Morgan fingerprint density at radius 1 is 1.03 bits per heavy atom. The van der Waals surface area contributed by atoms with Crippen molar-refractivity contribution in [1.29, 1.82) is 5.26 Å². The number of carbonyl (C=O) groups is 3. The summed E-state index contributed by atoms with van der Waals surface area (Å²) in [5.41, 5.74) is 1.64. The van der Waals surface area contributed by atoms with E-state index in [9.17, 15) is 24.8 Å². The lowest BCUT2D eigenvalue weighted by Gasteiger charge is -2.16. The van der Waals surface area contributed by atoms with E-state index in [-0.39, 0.29) is 27.6 Å². The molecule has 3 rings (SSSR count). The van der Waals surface area contributed by atoms with Gasteiger partial charge in [-0.05, 0) is 50.3 Å². The lowest BCUT2D eigenvalue weighted by atomic mass is 9.91. The normalized spacial score (nSPS) is 13.5. The third-order valence-corrected chi connectivity index (χ3v) is 5.93. The molecule has 0 aliphatic heterocycles. The maximum absolute atomic E-state index is 12.7. The van der Waals surface area contributed by atoms with Crippen LogP contribution in [-0.4, -0.2) is 22.9 Å². The molecule has 2 aromatic rings. The maximum Gasteiger partial charge on any atom is 0.332 e. The number of carbonyl (C=O) groups excluding carboxylic acids is 2. The molecule has 29 heavy (non-hydrogen) atoms. The van der Waals surface area contributed by atoms with E-state index in [0.29, 0.717) is 29.0 Å². The minimum absolute atomic E-state index is 0.113. The first-order chi connectivity index (χ1) is 13.9. The third-order valence-electron chi connectivity index (χ3n) is 4.72. The fourth-order valence-electron chi connectivity index (χ4n) is 3.23. The van der Waals surface area contributed by atoms with Gasteiger partial charge in [0, 0.05) is 16.8 Å². The number of anilines is 2. The second-order valence-electron chi connectivity index (χ2n) is 6.62. The van der Waals surface area contributed by atoms with Gasteiger partial charge in [-0.2, -0.15) is 5.26 Å². The highest BCUT2D eigenvalue weighted by Crippen LogP contribution is 2.34. The van der Waals surface area contributed by atoms with Crippen molar-refractivity contribution < 1.29 is 19.5 Å². The van der Waals surface area contributed by atoms with Crippen LogP contribution < -0.4 is 10.6 Å². The summed E-state index contributed by atoms with van der Waals surface area (Å²) in [6.45, 7) is 1.65. The average molecular weight is 409 g/mol. The maximum atomic E-state index is 12.7. The van der Waals surface area contributed by atoms with Gasteiger partial charge in [0.25, 0.3) is 11.8 Å². The van der Waals surface area contributed by atoms with Crippen LogP contribution in [0.25, 0.3) is 0 Å². The number of hydrogen-bond acceptors (Lipinski definition) is 5. The predicted octanol–water partition coefficient (Wildman–Crippen LogP) is 4.07. The Morgan fingerprint density at radius 3 is 2.31 bits per heavy atom. The summed E-state index contributed by atoms with van der Waals surface area (Å²) in [5, 5.41) is 24.5. The number of carboxylic acid groups (broad SMARTS) is 1. The number of nitriles is 1. The van der Waals surface area contributed by atoms with E-state index < -0.39 is 11.9 Å². The van der Waals surface area contributed by atoms with Crippen molar-refractivity contribution in [1.82, 2.24) is 0 Å². The van der Waals surface area contributed by atoms with Crippen molar-refractivity contribution in [3.8, 4) is 6.07 Å². The Bertz CT molecular complexity index is 1050. The van der Waals surface area contributed by atoms with E-state index in [0.717, 1.165) is 24.2 Å². The first-order valence-electron chi connectivity index (χ1n) is 9.09. The van der Waals surface area contributed by atoms with Gasteiger partial charge in [0.1, 0.15) is 11.1 Å².